The fourth-order valence-corrected chi connectivity index (χ4v) is 4.87. The first-order valence-electron chi connectivity index (χ1n) is 5.57. The van der Waals surface area contributed by atoms with Gasteiger partial charge in [-0.25, -0.2) is 4.72 Å². The highest BCUT2D eigenvalue weighted by Gasteiger charge is 2.40. The molecule has 0 radical (unpaired) electrons. The van der Waals surface area contributed by atoms with E-state index < -0.39 is 24.6 Å². The highest BCUT2D eigenvalue weighted by Crippen LogP contribution is 2.45. The fourth-order valence-electron chi connectivity index (χ4n) is 0.969. The quantitative estimate of drug-likeness (QED) is 0.324. The zero-order valence-corrected chi connectivity index (χ0v) is 16.7. The third-order valence-corrected chi connectivity index (χ3v) is 7.70. The van der Waals surface area contributed by atoms with Gasteiger partial charge in [-0.15, -0.1) is 26.9 Å². The predicted octanol–water partition coefficient (Wildman–Crippen LogP) is 3.23. The number of alkyl halides is 4. The van der Waals surface area contributed by atoms with Gasteiger partial charge in [0.2, 0.25) is 3.67 Å². The highest BCUT2D eigenvalue weighted by molar-refractivity contribution is 8.10. The maximum absolute atomic E-state index is 12.2. The monoisotopic (exact) mass is 433 g/mol. The summed E-state index contributed by atoms with van der Waals surface area (Å²) in [5.74, 6) is 0.0503. The number of hydrogen-bond acceptors (Lipinski definition) is 5. The Morgan fingerprint density at radius 3 is 2.43 bits per heavy atom. The van der Waals surface area contributed by atoms with Crippen LogP contribution in [0, 0.1) is 17.2 Å². The lowest BCUT2D eigenvalue weighted by Crippen LogP contribution is -2.42. The molecule has 0 amide bonds. The second kappa shape index (κ2) is 10.2. The van der Waals surface area contributed by atoms with Gasteiger partial charge in [0.1, 0.15) is 0 Å². The molecule has 0 spiro atoms. The van der Waals surface area contributed by atoms with Crippen LogP contribution < -0.4 is 4.72 Å². The van der Waals surface area contributed by atoms with E-state index >= 15 is 0 Å². The first-order valence-corrected chi connectivity index (χ1v) is 10.8. The molecule has 0 heterocycles. The van der Waals surface area contributed by atoms with Crippen LogP contribution in [0.2, 0.25) is 0 Å². The van der Waals surface area contributed by atoms with Gasteiger partial charge in [-0.2, -0.15) is 25.4 Å². The Balaban J connectivity index is 5.10. The maximum Gasteiger partial charge on any atom is 0.288 e. The second-order valence-electron chi connectivity index (χ2n) is 3.86. The fraction of sp³-hybridized carbons (Fsp3) is 0.889. The van der Waals surface area contributed by atoms with Crippen molar-refractivity contribution in [3.05, 3.63) is 0 Å². The molecule has 124 valence electrons. The Kier molecular flexibility index (Phi) is 10.8. The first-order chi connectivity index (χ1) is 9.56. The van der Waals surface area contributed by atoms with Crippen molar-refractivity contribution in [2.45, 2.75) is 15.4 Å². The zero-order valence-electron chi connectivity index (χ0n) is 11.2. The van der Waals surface area contributed by atoms with E-state index in [2.05, 4.69) is 4.72 Å². The van der Waals surface area contributed by atoms with Crippen molar-refractivity contribution >= 4 is 80.3 Å². The molecule has 21 heavy (non-hydrogen) atoms. The van der Waals surface area contributed by atoms with Crippen LogP contribution in [0.4, 0.5) is 0 Å². The van der Waals surface area contributed by atoms with Crippen LogP contribution in [0.5, 0.6) is 0 Å². The molecule has 12 heteroatoms. The average molecular weight is 435 g/mol. The Bertz CT molecular complexity index is 456. The summed E-state index contributed by atoms with van der Waals surface area (Å²) in [4.78, 5) is -1.22. The van der Waals surface area contributed by atoms with Crippen molar-refractivity contribution in [1.29, 1.82) is 5.26 Å². The molecular weight excluding hydrogens is 420 g/mol. The van der Waals surface area contributed by atoms with Crippen LogP contribution in [0.15, 0.2) is 0 Å². The molecule has 0 aliphatic heterocycles. The number of halogens is 4. The molecule has 0 aromatic heterocycles. The van der Waals surface area contributed by atoms with Gasteiger partial charge in [0.15, 0.2) is 4.84 Å². The van der Waals surface area contributed by atoms with Gasteiger partial charge < -0.3 is 0 Å². The number of nitrogens with zero attached hydrogens (tertiary/aromatic N) is 2. The molecule has 0 aliphatic rings. The number of nitriles is 1. The van der Waals surface area contributed by atoms with Crippen molar-refractivity contribution in [3.63, 3.8) is 0 Å². The minimum absolute atomic E-state index is 0.0997. The van der Waals surface area contributed by atoms with Gasteiger partial charge in [0.25, 0.3) is 10.2 Å². The van der Waals surface area contributed by atoms with Crippen LogP contribution >= 0.6 is 70.1 Å². The standard InChI is InChI=1S/C9H15Cl4N3O2S3/c1-7(5-14)6-16(20-9(12,13)8(10)11)21(17,18)15-3-4-19-2/h7-8,15H,3-4,6H2,1-2H3. The van der Waals surface area contributed by atoms with Gasteiger partial charge in [0.05, 0.1) is 12.0 Å². The van der Waals surface area contributed by atoms with Gasteiger partial charge in [0, 0.05) is 18.8 Å². The molecule has 0 saturated heterocycles. The summed E-state index contributed by atoms with van der Waals surface area (Å²) in [6, 6.07) is 1.95. The van der Waals surface area contributed by atoms with E-state index in [1.807, 2.05) is 12.3 Å². The van der Waals surface area contributed by atoms with E-state index in [-0.39, 0.29) is 13.1 Å². The largest absolute Gasteiger partial charge is 0.288 e. The third kappa shape index (κ3) is 8.58. The van der Waals surface area contributed by atoms with Crippen LogP contribution in [0.3, 0.4) is 0 Å². The summed E-state index contributed by atoms with van der Waals surface area (Å²) in [6.45, 7) is 1.72. The Morgan fingerprint density at radius 1 is 1.43 bits per heavy atom. The van der Waals surface area contributed by atoms with Gasteiger partial charge in [-0.05, 0) is 25.1 Å². The number of nitrogens with one attached hydrogen (secondary N) is 1. The number of rotatable bonds is 10. The normalized spacial score (nSPS) is 14.4. The molecule has 0 aromatic rings. The molecular formula is C9H15Cl4N3O2S3. The van der Waals surface area contributed by atoms with E-state index in [0.717, 1.165) is 3.71 Å². The summed E-state index contributed by atoms with van der Waals surface area (Å²) in [7, 11) is -3.87. The highest BCUT2D eigenvalue weighted by atomic mass is 35.5. The number of hydrogen-bond donors (Lipinski definition) is 1. The van der Waals surface area contributed by atoms with Crippen molar-refractivity contribution in [3.8, 4) is 6.07 Å². The lowest BCUT2D eigenvalue weighted by Gasteiger charge is -2.28. The van der Waals surface area contributed by atoms with Crippen LogP contribution in [0.1, 0.15) is 6.92 Å². The van der Waals surface area contributed by atoms with E-state index in [1.165, 1.54) is 11.8 Å². The Hall–Kier alpha value is 1.22. The molecule has 0 aliphatic carbocycles. The minimum atomic E-state index is -3.87. The lowest BCUT2D eigenvalue weighted by molar-refractivity contribution is 0.505. The first kappa shape index (κ1) is 22.2. The summed E-state index contributed by atoms with van der Waals surface area (Å²) in [6.07, 6.45) is 1.85. The van der Waals surface area contributed by atoms with E-state index in [9.17, 15) is 8.42 Å². The molecule has 0 saturated carbocycles. The SMILES string of the molecule is CSCCNS(=O)(=O)N(CC(C)C#N)SC(Cl)(Cl)C(Cl)Cl. The number of thioether (sulfide) groups is 1. The van der Waals surface area contributed by atoms with E-state index in [4.69, 9.17) is 51.7 Å². The molecule has 0 fully saturated rings. The minimum Gasteiger partial charge on any atom is -0.201 e. The summed E-state index contributed by atoms with van der Waals surface area (Å²) >= 11 is 25.1. The van der Waals surface area contributed by atoms with Crippen LogP contribution in [0.25, 0.3) is 0 Å². The van der Waals surface area contributed by atoms with Crippen LogP contribution in [-0.2, 0) is 10.2 Å². The van der Waals surface area contributed by atoms with Gasteiger partial charge >= 0.3 is 0 Å². The van der Waals surface area contributed by atoms with Crippen molar-refractivity contribution in [1.82, 2.24) is 8.43 Å². The van der Waals surface area contributed by atoms with Crippen molar-refractivity contribution < 1.29 is 8.42 Å². The zero-order chi connectivity index (χ0) is 16.7. The molecule has 1 N–H and O–H groups in total. The Morgan fingerprint density at radius 2 is 2.00 bits per heavy atom. The van der Waals surface area contributed by atoms with E-state index in [0.29, 0.717) is 17.7 Å². The molecule has 1 unspecified atom stereocenters. The summed E-state index contributed by atoms with van der Waals surface area (Å²) in [5.41, 5.74) is 0. The van der Waals surface area contributed by atoms with Crippen molar-refractivity contribution in [2.75, 3.05) is 25.1 Å². The Labute approximate surface area is 154 Å². The summed E-state index contributed by atoms with van der Waals surface area (Å²) in [5, 5.41) is 8.85. The maximum atomic E-state index is 12.2. The van der Waals surface area contributed by atoms with E-state index in [1.54, 1.807) is 6.92 Å². The average Bonchev–Trinajstić information content (AvgIpc) is 2.37. The molecule has 0 bridgehead atoms. The van der Waals surface area contributed by atoms with Crippen molar-refractivity contribution in [2.24, 2.45) is 5.92 Å². The summed E-state index contributed by atoms with van der Waals surface area (Å²) < 4.78 is 26.0. The second-order valence-corrected chi connectivity index (χ2v) is 11.0. The van der Waals surface area contributed by atoms with Gasteiger partial charge in [-0.1, -0.05) is 23.2 Å². The molecule has 0 aromatic carbocycles. The molecule has 5 nitrogen and oxygen atoms in total. The molecule has 0 rings (SSSR count). The van der Waals surface area contributed by atoms with Crippen LogP contribution in [-0.4, -0.2) is 45.7 Å². The lowest BCUT2D eigenvalue weighted by atomic mass is 10.2. The molecule has 1 atom stereocenters. The topological polar surface area (TPSA) is 73.2 Å². The van der Waals surface area contributed by atoms with Gasteiger partial charge in [-0.3, -0.25) is 0 Å². The smallest absolute Gasteiger partial charge is 0.201 e. The predicted molar refractivity (Wildman–Crippen MR) is 94.3 cm³/mol. The third-order valence-electron chi connectivity index (χ3n) is 1.98.